The highest BCUT2D eigenvalue weighted by Gasteiger charge is 2.34. The number of rotatable bonds is 7. The highest BCUT2D eigenvalue weighted by Crippen LogP contribution is 2.30. The first-order valence-corrected chi connectivity index (χ1v) is 11.8. The SMILES string of the molecule is CS(=O)(=O)N(CC(=O)O)C1CCC(C(=O)Nc2cn(C3CCNCC3)cn2)CC1.Cl.Cl. The van der Waals surface area contributed by atoms with Crippen LogP contribution in [0, 0.1) is 5.92 Å². The Labute approximate surface area is 195 Å². The number of sulfonamides is 1. The van der Waals surface area contributed by atoms with Crippen LogP contribution in [0.4, 0.5) is 5.82 Å². The predicted octanol–water partition coefficient (Wildman–Crippen LogP) is 1.49. The van der Waals surface area contributed by atoms with E-state index in [1.807, 2.05) is 10.8 Å². The summed E-state index contributed by atoms with van der Waals surface area (Å²) in [7, 11) is -3.62. The summed E-state index contributed by atoms with van der Waals surface area (Å²) >= 11 is 0. The van der Waals surface area contributed by atoms with Gasteiger partial charge in [0.25, 0.3) is 0 Å². The molecular weight excluding hydrogens is 469 g/mol. The first-order valence-electron chi connectivity index (χ1n) is 9.97. The number of halogens is 2. The average molecular weight is 500 g/mol. The molecule has 13 heteroatoms. The average Bonchev–Trinajstić information content (AvgIpc) is 3.14. The number of imidazole rings is 1. The Morgan fingerprint density at radius 2 is 1.81 bits per heavy atom. The van der Waals surface area contributed by atoms with Crippen molar-refractivity contribution in [2.45, 2.75) is 50.6 Å². The molecule has 178 valence electrons. The third-order valence-corrected chi connectivity index (χ3v) is 7.05. The zero-order chi connectivity index (χ0) is 21.0. The Morgan fingerprint density at radius 3 is 2.35 bits per heavy atom. The van der Waals surface area contributed by atoms with E-state index >= 15 is 0 Å². The molecule has 1 aromatic heterocycles. The topological polar surface area (TPSA) is 134 Å². The number of carbonyl (C=O) groups is 2. The molecule has 1 amide bonds. The number of hydrogen-bond donors (Lipinski definition) is 3. The molecule has 1 aliphatic carbocycles. The third kappa shape index (κ3) is 7.60. The van der Waals surface area contributed by atoms with Gasteiger partial charge in [-0.15, -0.1) is 24.8 Å². The quantitative estimate of drug-likeness (QED) is 0.517. The molecule has 0 bridgehead atoms. The van der Waals surface area contributed by atoms with Crippen molar-refractivity contribution in [2.75, 3.05) is 31.2 Å². The Balaban J connectivity index is 0.00000240. The first-order chi connectivity index (χ1) is 13.7. The Morgan fingerprint density at radius 1 is 1.19 bits per heavy atom. The lowest BCUT2D eigenvalue weighted by Crippen LogP contribution is -2.45. The van der Waals surface area contributed by atoms with E-state index in [0.717, 1.165) is 36.5 Å². The molecule has 3 N–H and O–H groups in total. The van der Waals surface area contributed by atoms with Crippen LogP contribution in [0.5, 0.6) is 0 Å². The molecule has 0 unspecified atom stereocenters. The summed E-state index contributed by atoms with van der Waals surface area (Å²) < 4.78 is 26.9. The van der Waals surface area contributed by atoms with Crippen LogP contribution in [0.15, 0.2) is 12.5 Å². The van der Waals surface area contributed by atoms with E-state index in [9.17, 15) is 18.0 Å². The molecule has 0 radical (unpaired) electrons. The number of hydrogen-bond acceptors (Lipinski definition) is 6. The number of nitrogens with zero attached hydrogens (tertiary/aromatic N) is 3. The number of piperidine rings is 1. The molecule has 0 aromatic carbocycles. The van der Waals surface area contributed by atoms with E-state index in [1.165, 1.54) is 0 Å². The van der Waals surface area contributed by atoms with Gasteiger partial charge in [0.2, 0.25) is 15.9 Å². The zero-order valence-corrected chi connectivity index (χ0v) is 19.8. The molecule has 0 spiro atoms. The number of nitrogens with one attached hydrogen (secondary N) is 2. The lowest BCUT2D eigenvalue weighted by Gasteiger charge is -2.34. The summed E-state index contributed by atoms with van der Waals surface area (Å²) in [4.78, 5) is 27.9. The summed E-state index contributed by atoms with van der Waals surface area (Å²) in [6, 6.07) is 0.00493. The van der Waals surface area contributed by atoms with Gasteiger partial charge in [0, 0.05) is 24.2 Å². The van der Waals surface area contributed by atoms with Crippen molar-refractivity contribution in [3.05, 3.63) is 12.5 Å². The molecule has 2 heterocycles. The largest absolute Gasteiger partial charge is 0.480 e. The summed E-state index contributed by atoms with van der Waals surface area (Å²) in [5.74, 6) is -1.01. The van der Waals surface area contributed by atoms with Gasteiger partial charge < -0.3 is 20.3 Å². The van der Waals surface area contributed by atoms with Gasteiger partial charge in [-0.1, -0.05) is 0 Å². The van der Waals surface area contributed by atoms with Crippen LogP contribution < -0.4 is 10.6 Å². The van der Waals surface area contributed by atoms with Crippen molar-refractivity contribution in [3.8, 4) is 0 Å². The summed E-state index contributed by atoms with van der Waals surface area (Å²) in [6.07, 6.45) is 8.63. The normalized spacial score (nSPS) is 22.3. The van der Waals surface area contributed by atoms with E-state index in [-0.39, 0.29) is 42.7 Å². The minimum absolute atomic E-state index is 0. The molecule has 31 heavy (non-hydrogen) atoms. The number of amides is 1. The molecule has 2 aliphatic rings. The van der Waals surface area contributed by atoms with Gasteiger partial charge in [-0.3, -0.25) is 9.59 Å². The molecular formula is C18H31Cl2N5O5S. The highest BCUT2D eigenvalue weighted by molar-refractivity contribution is 7.88. The molecule has 10 nitrogen and oxygen atoms in total. The highest BCUT2D eigenvalue weighted by atomic mass is 35.5. The van der Waals surface area contributed by atoms with Crippen LogP contribution in [0.2, 0.25) is 0 Å². The maximum atomic E-state index is 12.6. The van der Waals surface area contributed by atoms with Crippen LogP contribution in [0.25, 0.3) is 0 Å². The van der Waals surface area contributed by atoms with Gasteiger partial charge in [-0.2, -0.15) is 4.31 Å². The second-order valence-electron chi connectivity index (χ2n) is 7.88. The number of carboxylic acid groups (broad SMARTS) is 1. The summed E-state index contributed by atoms with van der Waals surface area (Å²) in [5.41, 5.74) is 0. The predicted molar refractivity (Wildman–Crippen MR) is 121 cm³/mol. The van der Waals surface area contributed by atoms with Gasteiger partial charge >= 0.3 is 5.97 Å². The maximum absolute atomic E-state index is 12.6. The molecule has 2 fully saturated rings. The fourth-order valence-corrected chi connectivity index (χ4v) is 5.31. The van der Waals surface area contributed by atoms with Crippen molar-refractivity contribution < 1.29 is 23.1 Å². The van der Waals surface area contributed by atoms with Crippen LogP contribution >= 0.6 is 24.8 Å². The van der Waals surface area contributed by atoms with E-state index in [4.69, 9.17) is 5.11 Å². The number of anilines is 1. The number of aliphatic carboxylic acids is 1. The van der Waals surface area contributed by atoms with Crippen LogP contribution in [-0.4, -0.2) is 71.2 Å². The molecule has 0 atom stereocenters. The zero-order valence-electron chi connectivity index (χ0n) is 17.4. The molecule has 1 saturated carbocycles. The van der Waals surface area contributed by atoms with Crippen molar-refractivity contribution in [1.82, 2.24) is 19.2 Å². The minimum atomic E-state index is -3.62. The van der Waals surface area contributed by atoms with E-state index in [1.54, 1.807) is 6.33 Å². The van der Waals surface area contributed by atoms with E-state index in [0.29, 0.717) is 37.5 Å². The Hall–Kier alpha value is -1.40. The maximum Gasteiger partial charge on any atom is 0.318 e. The Kier molecular flexibility index (Phi) is 10.7. The summed E-state index contributed by atoms with van der Waals surface area (Å²) in [5, 5.41) is 15.2. The van der Waals surface area contributed by atoms with Crippen LogP contribution in [0.3, 0.4) is 0 Å². The smallest absolute Gasteiger partial charge is 0.318 e. The lowest BCUT2D eigenvalue weighted by atomic mass is 9.85. The fourth-order valence-electron chi connectivity index (χ4n) is 4.21. The van der Waals surface area contributed by atoms with Crippen molar-refractivity contribution in [3.63, 3.8) is 0 Å². The van der Waals surface area contributed by atoms with Gasteiger partial charge in [0.15, 0.2) is 5.82 Å². The Bertz CT molecular complexity index is 836. The summed E-state index contributed by atoms with van der Waals surface area (Å²) in [6.45, 7) is 1.40. The second-order valence-corrected chi connectivity index (χ2v) is 9.82. The standard InChI is InChI=1S/C18H29N5O5S.2ClH/c1-29(27,28)23(11-17(24)25)15-4-2-13(3-5-15)18(26)21-16-10-22(12-20-16)14-6-8-19-9-7-14;;/h10,12-15,19H,2-9,11H2,1H3,(H,21,26)(H,24,25);2*1H. The molecule has 1 saturated heterocycles. The van der Waals surface area contributed by atoms with Crippen LogP contribution in [-0.2, 0) is 19.6 Å². The second kappa shape index (κ2) is 12.0. The van der Waals surface area contributed by atoms with E-state index < -0.39 is 22.5 Å². The first kappa shape index (κ1) is 27.6. The number of carbonyl (C=O) groups excluding carboxylic acids is 1. The van der Waals surface area contributed by atoms with Crippen molar-refractivity contribution in [1.29, 1.82) is 0 Å². The molecule has 1 aliphatic heterocycles. The third-order valence-electron chi connectivity index (χ3n) is 5.77. The monoisotopic (exact) mass is 499 g/mol. The molecule has 1 aromatic rings. The molecule has 3 rings (SSSR count). The van der Waals surface area contributed by atoms with Crippen molar-refractivity contribution in [2.24, 2.45) is 5.92 Å². The van der Waals surface area contributed by atoms with Gasteiger partial charge in [-0.25, -0.2) is 13.4 Å². The van der Waals surface area contributed by atoms with Crippen LogP contribution in [0.1, 0.15) is 44.6 Å². The van der Waals surface area contributed by atoms with Gasteiger partial charge in [0.1, 0.15) is 6.54 Å². The van der Waals surface area contributed by atoms with E-state index in [2.05, 4.69) is 15.6 Å². The number of aromatic nitrogens is 2. The lowest BCUT2D eigenvalue weighted by molar-refractivity contribution is -0.137. The van der Waals surface area contributed by atoms with Crippen molar-refractivity contribution >= 4 is 52.5 Å². The fraction of sp³-hybridized carbons (Fsp3) is 0.722. The van der Waals surface area contributed by atoms with Gasteiger partial charge in [-0.05, 0) is 51.6 Å². The van der Waals surface area contributed by atoms with Gasteiger partial charge in [0.05, 0.1) is 12.6 Å². The number of carboxylic acids is 1. The minimum Gasteiger partial charge on any atom is -0.480 e.